The minimum atomic E-state index is -0.451. The van der Waals surface area contributed by atoms with Crippen molar-refractivity contribution in [3.63, 3.8) is 0 Å². The molecule has 0 radical (unpaired) electrons. The minimum Gasteiger partial charge on any atom is -0.381 e. The van der Waals surface area contributed by atoms with Gasteiger partial charge in [-0.1, -0.05) is 0 Å². The van der Waals surface area contributed by atoms with Gasteiger partial charge >= 0.3 is 5.69 Å². The van der Waals surface area contributed by atoms with Crippen molar-refractivity contribution >= 4 is 22.3 Å². The van der Waals surface area contributed by atoms with Crippen LogP contribution in [0.5, 0.6) is 0 Å². The number of benzene rings is 1. The van der Waals surface area contributed by atoms with Crippen LogP contribution in [0.25, 0.3) is 10.9 Å². The number of nitrogens with zero attached hydrogens (tertiary/aromatic N) is 3. The Morgan fingerprint density at radius 3 is 2.86 bits per heavy atom. The molecule has 1 aromatic carbocycles. The van der Waals surface area contributed by atoms with Crippen LogP contribution in [0.15, 0.2) is 24.4 Å². The second kappa shape index (κ2) is 5.95. The molecule has 1 N–H and O–H groups in total. The normalized spacial score (nSPS) is 15.4. The van der Waals surface area contributed by atoms with E-state index in [4.69, 9.17) is 10.00 Å². The Morgan fingerprint density at radius 1 is 1.41 bits per heavy atom. The third kappa shape index (κ3) is 2.69. The van der Waals surface area contributed by atoms with Gasteiger partial charge in [-0.25, -0.2) is 4.98 Å². The van der Waals surface area contributed by atoms with Crippen molar-refractivity contribution in [3.8, 4) is 6.07 Å². The molecule has 1 fully saturated rings. The van der Waals surface area contributed by atoms with E-state index in [1.54, 1.807) is 18.2 Å². The highest BCUT2D eigenvalue weighted by atomic mass is 16.6. The number of fused-ring (bicyclic) bond motifs is 1. The lowest BCUT2D eigenvalue weighted by Gasteiger charge is -2.24. The minimum absolute atomic E-state index is 0.0749. The molecule has 0 spiro atoms. The molecule has 0 amide bonds. The van der Waals surface area contributed by atoms with E-state index in [2.05, 4.69) is 16.4 Å². The van der Waals surface area contributed by atoms with Crippen LogP contribution < -0.4 is 5.32 Å². The van der Waals surface area contributed by atoms with E-state index in [0.29, 0.717) is 35.4 Å². The molecule has 2 aromatic rings. The number of nitrogens with one attached hydrogen (secondary N) is 1. The van der Waals surface area contributed by atoms with E-state index in [-0.39, 0.29) is 11.7 Å². The zero-order valence-corrected chi connectivity index (χ0v) is 11.8. The van der Waals surface area contributed by atoms with Crippen LogP contribution in [0.4, 0.5) is 11.4 Å². The molecular formula is C15H14N4O3. The summed E-state index contributed by atoms with van der Waals surface area (Å²) < 4.78 is 5.31. The first-order valence-electron chi connectivity index (χ1n) is 7.00. The molecule has 0 unspecified atom stereocenters. The summed E-state index contributed by atoms with van der Waals surface area (Å²) in [7, 11) is 0. The predicted molar refractivity (Wildman–Crippen MR) is 80.6 cm³/mol. The highest BCUT2D eigenvalue weighted by Crippen LogP contribution is 2.33. The van der Waals surface area contributed by atoms with Gasteiger partial charge < -0.3 is 10.1 Å². The van der Waals surface area contributed by atoms with Crippen LogP contribution in [0.1, 0.15) is 18.4 Å². The quantitative estimate of drug-likeness (QED) is 0.690. The van der Waals surface area contributed by atoms with E-state index in [1.165, 1.54) is 6.20 Å². The van der Waals surface area contributed by atoms with Crippen molar-refractivity contribution in [2.24, 2.45) is 0 Å². The Hall–Kier alpha value is -2.72. The van der Waals surface area contributed by atoms with E-state index < -0.39 is 4.92 Å². The average molecular weight is 298 g/mol. The monoisotopic (exact) mass is 298 g/mol. The van der Waals surface area contributed by atoms with Crippen LogP contribution in [0.2, 0.25) is 0 Å². The number of aromatic nitrogens is 1. The Bertz CT molecular complexity index is 763. The van der Waals surface area contributed by atoms with Crippen LogP contribution in [-0.2, 0) is 4.74 Å². The zero-order valence-electron chi connectivity index (χ0n) is 11.8. The number of hydrogen-bond acceptors (Lipinski definition) is 6. The summed E-state index contributed by atoms with van der Waals surface area (Å²) in [5, 5.41) is 24.2. The first-order chi connectivity index (χ1) is 10.7. The molecule has 7 heteroatoms. The SMILES string of the molecule is N#Cc1ccc2ncc([N+](=O)[O-])c(NC3CCOCC3)c2c1. The second-order valence-corrected chi connectivity index (χ2v) is 5.15. The van der Waals surface area contributed by atoms with Crippen molar-refractivity contribution in [1.29, 1.82) is 5.26 Å². The first-order valence-corrected chi connectivity index (χ1v) is 7.00. The molecule has 1 aromatic heterocycles. The standard InChI is InChI=1S/C15H14N4O3/c16-8-10-1-2-13-12(7-10)15(14(9-17-13)19(20)21)18-11-3-5-22-6-4-11/h1-2,7,9,11H,3-6H2,(H,17,18). The van der Waals surface area contributed by atoms with E-state index in [0.717, 1.165) is 12.8 Å². The fraction of sp³-hybridized carbons (Fsp3) is 0.333. The summed E-state index contributed by atoms with van der Waals surface area (Å²) in [6.07, 6.45) is 2.84. The van der Waals surface area contributed by atoms with Crippen LogP contribution in [0.3, 0.4) is 0 Å². The van der Waals surface area contributed by atoms with Gasteiger partial charge in [-0.05, 0) is 31.0 Å². The third-order valence-corrected chi connectivity index (χ3v) is 3.74. The lowest BCUT2D eigenvalue weighted by Crippen LogP contribution is -2.28. The molecule has 3 rings (SSSR count). The summed E-state index contributed by atoms with van der Waals surface area (Å²) in [6.45, 7) is 1.27. The van der Waals surface area contributed by atoms with Crippen molar-refractivity contribution < 1.29 is 9.66 Å². The molecule has 1 saturated heterocycles. The summed E-state index contributed by atoms with van der Waals surface area (Å²) in [6, 6.07) is 7.16. The summed E-state index contributed by atoms with van der Waals surface area (Å²) >= 11 is 0. The average Bonchev–Trinajstić information content (AvgIpc) is 2.55. The highest BCUT2D eigenvalue weighted by molar-refractivity contribution is 5.96. The van der Waals surface area contributed by atoms with Crippen molar-refractivity contribution in [2.45, 2.75) is 18.9 Å². The molecule has 22 heavy (non-hydrogen) atoms. The molecule has 0 atom stereocenters. The number of nitriles is 1. The maximum Gasteiger partial charge on any atom is 0.311 e. The number of nitro groups is 1. The molecular weight excluding hydrogens is 284 g/mol. The summed E-state index contributed by atoms with van der Waals surface area (Å²) in [4.78, 5) is 15.0. The lowest BCUT2D eigenvalue weighted by molar-refractivity contribution is -0.384. The number of anilines is 1. The van der Waals surface area contributed by atoms with E-state index in [9.17, 15) is 10.1 Å². The molecule has 0 bridgehead atoms. The molecule has 7 nitrogen and oxygen atoms in total. The molecule has 1 aliphatic heterocycles. The van der Waals surface area contributed by atoms with E-state index in [1.807, 2.05) is 0 Å². The fourth-order valence-electron chi connectivity index (χ4n) is 2.59. The van der Waals surface area contributed by atoms with Gasteiger partial charge in [-0.3, -0.25) is 10.1 Å². The molecule has 0 saturated carbocycles. The number of ether oxygens (including phenoxy) is 1. The van der Waals surface area contributed by atoms with Gasteiger partial charge in [-0.2, -0.15) is 5.26 Å². The van der Waals surface area contributed by atoms with Crippen LogP contribution >= 0.6 is 0 Å². The Kier molecular flexibility index (Phi) is 3.85. The zero-order chi connectivity index (χ0) is 15.5. The van der Waals surface area contributed by atoms with Gasteiger partial charge in [0.1, 0.15) is 11.9 Å². The van der Waals surface area contributed by atoms with Crippen molar-refractivity contribution in [1.82, 2.24) is 4.98 Å². The lowest BCUT2D eigenvalue weighted by atomic mass is 10.1. The molecule has 112 valence electrons. The smallest absolute Gasteiger partial charge is 0.311 e. The largest absolute Gasteiger partial charge is 0.381 e. The van der Waals surface area contributed by atoms with Crippen molar-refractivity contribution in [2.75, 3.05) is 18.5 Å². The topological polar surface area (TPSA) is 101 Å². The highest BCUT2D eigenvalue weighted by Gasteiger charge is 2.22. The number of pyridine rings is 1. The first kappa shape index (κ1) is 14.2. The Labute approximate surface area is 126 Å². The van der Waals surface area contributed by atoms with E-state index >= 15 is 0 Å². The molecule has 0 aliphatic carbocycles. The van der Waals surface area contributed by atoms with Gasteiger partial charge in [0, 0.05) is 24.6 Å². The Balaban J connectivity index is 2.11. The molecule has 1 aliphatic rings. The maximum absolute atomic E-state index is 11.3. The summed E-state index contributed by atoms with van der Waals surface area (Å²) in [5.74, 6) is 0. The van der Waals surface area contributed by atoms with Gasteiger partial charge in [0.2, 0.25) is 0 Å². The fourth-order valence-corrected chi connectivity index (χ4v) is 2.59. The maximum atomic E-state index is 11.3. The van der Waals surface area contributed by atoms with Crippen LogP contribution in [-0.4, -0.2) is 29.2 Å². The van der Waals surface area contributed by atoms with Gasteiger partial charge in [0.15, 0.2) is 0 Å². The second-order valence-electron chi connectivity index (χ2n) is 5.15. The van der Waals surface area contributed by atoms with Gasteiger partial charge in [0.05, 0.1) is 22.1 Å². The van der Waals surface area contributed by atoms with Crippen LogP contribution in [0, 0.1) is 21.4 Å². The summed E-state index contributed by atoms with van der Waals surface area (Å²) in [5.41, 5.74) is 1.43. The third-order valence-electron chi connectivity index (χ3n) is 3.74. The predicted octanol–water partition coefficient (Wildman–Crippen LogP) is 2.61. The number of rotatable bonds is 3. The number of hydrogen-bond donors (Lipinski definition) is 1. The van der Waals surface area contributed by atoms with Crippen molar-refractivity contribution in [3.05, 3.63) is 40.1 Å². The molecule has 2 heterocycles. The Morgan fingerprint density at radius 2 is 2.18 bits per heavy atom. The van der Waals surface area contributed by atoms with Gasteiger partial charge in [-0.15, -0.1) is 0 Å². The van der Waals surface area contributed by atoms with Gasteiger partial charge in [0.25, 0.3) is 0 Å².